The summed E-state index contributed by atoms with van der Waals surface area (Å²) in [6.45, 7) is -3.91. The van der Waals surface area contributed by atoms with Crippen LogP contribution in [0.15, 0.2) is 0 Å². The highest BCUT2D eigenvalue weighted by molar-refractivity contribution is 5.66. The largest absolute Gasteiger partial charge is 0.481 e. The van der Waals surface area contributed by atoms with Gasteiger partial charge in [0.2, 0.25) is 0 Å². The molecule has 0 atom stereocenters. The van der Waals surface area contributed by atoms with Crippen LogP contribution in [-0.4, -0.2) is 11.1 Å². The first-order valence-corrected chi connectivity index (χ1v) is 2.66. The summed E-state index contributed by atoms with van der Waals surface area (Å²) in [4.78, 5) is 11.4. The van der Waals surface area contributed by atoms with Crippen LogP contribution < -0.4 is 0 Å². The summed E-state index contributed by atoms with van der Waals surface area (Å²) in [5.74, 6) is -2.35. The predicted octanol–water partition coefficient (Wildman–Crippen LogP) is 3.21. The molecule has 0 bridgehead atoms. The van der Waals surface area contributed by atoms with Gasteiger partial charge in [-0.15, -0.1) is 0 Å². The van der Waals surface area contributed by atoms with E-state index >= 15 is 0 Å². The van der Waals surface area contributed by atoms with Crippen molar-refractivity contribution in [3.63, 3.8) is 0 Å². The lowest BCUT2D eigenvalue weighted by Gasteiger charge is -1.98. The van der Waals surface area contributed by atoms with Gasteiger partial charge in [0.25, 0.3) is 1.43 Å². The number of hydrogen-bond acceptors (Lipinski definition) is 2. The van der Waals surface area contributed by atoms with Crippen LogP contribution >= 0.6 is 0 Å². The topological polar surface area (TPSA) is 37.3 Å². The van der Waals surface area contributed by atoms with E-state index in [1.807, 2.05) is 0 Å². The zero-order valence-electron chi connectivity index (χ0n) is 25.8. The summed E-state index contributed by atoms with van der Waals surface area (Å²) in [7, 11) is 0. The quantitative estimate of drug-likeness (QED) is 0.641. The lowest BCUT2D eigenvalue weighted by Crippen LogP contribution is -1.93. The fourth-order valence-electron chi connectivity index (χ4n) is 0.239. The molecule has 0 aliphatic heterocycles. The monoisotopic (exact) mass is 192 g/mol. The van der Waals surface area contributed by atoms with Crippen LogP contribution in [0.3, 0.4) is 0 Å². The van der Waals surface area contributed by atoms with Gasteiger partial charge in [0, 0.05) is 32.4 Å². The number of carboxylic acid groups (broad SMARTS) is 1. The van der Waals surface area contributed by atoms with Crippen molar-refractivity contribution in [3.8, 4) is 0 Å². The van der Waals surface area contributed by atoms with E-state index in [0.29, 0.717) is 0 Å². The van der Waals surface area contributed by atoms with Gasteiger partial charge in [0.05, 0.1) is 0 Å². The van der Waals surface area contributed by atoms with Gasteiger partial charge in [0.1, 0.15) is 0 Å². The zero-order valence-corrected chi connectivity index (χ0v) is 5.82. The Morgan fingerprint density at radius 3 is 2.67 bits per heavy atom. The fraction of sp³-hybridized carbons (Fsp3) is 0.900. The standard InChI is InChI=1S/C10H20O2/c1-2-3-4-5-6-7-8-9-10(11)12/h2-9H2,1H3,(H,11,12)/i1D3,2D2,3D2,4D2,5D2,6D2,7D2,8D2,9D2/hD. The maximum Gasteiger partial charge on any atom is 0.303 e. The van der Waals surface area contributed by atoms with Gasteiger partial charge in [-0.1, -0.05) is 45.1 Å². The Hall–Kier alpha value is -0.530. The van der Waals surface area contributed by atoms with E-state index in [1.54, 1.807) is 0 Å². The molecular weight excluding hydrogens is 152 g/mol. The van der Waals surface area contributed by atoms with Crippen molar-refractivity contribution in [1.82, 2.24) is 0 Å². The Kier molecular flexibility index (Phi) is 0.967. The molecule has 0 amide bonds. The summed E-state index contributed by atoms with van der Waals surface area (Å²) >= 11 is 0. The van der Waals surface area contributed by atoms with E-state index < -0.39 is 63.8 Å². The predicted molar refractivity (Wildman–Crippen MR) is 50.2 cm³/mol. The Morgan fingerprint density at radius 2 is 2.00 bits per heavy atom. The van der Waals surface area contributed by atoms with E-state index in [0.717, 1.165) is 0 Å². The van der Waals surface area contributed by atoms with Crippen molar-refractivity contribution < 1.29 is 35.9 Å². The zero-order chi connectivity index (χ0) is 26.8. The summed E-state index contributed by atoms with van der Waals surface area (Å²) in [6, 6.07) is 0. The third-order valence-corrected chi connectivity index (χ3v) is 0.540. The normalized spacial score (nSPS) is 45.0. The van der Waals surface area contributed by atoms with Crippen molar-refractivity contribution in [1.29, 1.82) is 1.43 Å². The van der Waals surface area contributed by atoms with Gasteiger partial charge in [-0.05, 0) is 6.37 Å². The van der Waals surface area contributed by atoms with Crippen LogP contribution in [0.5, 0.6) is 0 Å². The molecule has 2 nitrogen and oxygen atoms in total. The second kappa shape index (κ2) is 8.57. The van der Waals surface area contributed by atoms with E-state index in [-0.39, 0.29) is 0 Å². The van der Waals surface area contributed by atoms with Gasteiger partial charge < -0.3 is 5.11 Å². The maximum absolute atomic E-state index is 11.4. The minimum absolute atomic E-state index is 2.35. The van der Waals surface area contributed by atoms with E-state index in [9.17, 15) is 4.79 Å². The smallest absolute Gasteiger partial charge is 0.303 e. The minimum Gasteiger partial charge on any atom is -0.481 e. The Labute approximate surface area is 103 Å². The molecule has 0 radical (unpaired) electrons. The van der Waals surface area contributed by atoms with Crippen molar-refractivity contribution in [2.75, 3.05) is 0 Å². The molecule has 0 rings (SSSR count). The van der Waals surface area contributed by atoms with Gasteiger partial charge >= 0.3 is 5.97 Å². The van der Waals surface area contributed by atoms with Gasteiger partial charge in [-0.2, -0.15) is 0 Å². The summed E-state index contributed by atoms with van der Waals surface area (Å²) in [5.41, 5.74) is 0. The number of hydrogen-bond donors (Lipinski definition) is 1. The SMILES string of the molecule is [2H]OC(=O)C([2H])([2H])C([2H])([2H])C([2H])([2H])C([2H])([2H])C([2H])([2H])C([2H])([2H])C([2H])([2H])C([2H])([2H])C([2H])([2H])[2H]. The average Bonchev–Trinajstić information content (AvgIpc) is 2.58. The minimum atomic E-state index is -4.58. The molecule has 0 spiro atoms. The van der Waals surface area contributed by atoms with Crippen LogP contribution in [0.2, 0.25) is 0 Å². The maximum atomic E-state index is 11.4. The molecule has 72 valence electrons. The van der Waals surface area contributed by atoms with Crippen molar-refractivity contribution in [2.24, 2.45) is 0 Å². The lowest BCUT2D eigenvalue weighted by molar-refractivity contribution is -0.137. The molecule has 0 aliphatic carbocycles. The molecule has 0 saturated heterocycles. The molecule has 0 fully saturated rings. The summed E-state index contributed by atoms with van der Waals surface area (Å²) in [6.07, 6.45) is -35.3. The number of carboxylic acids is 1. The molecule has 0 heterocycles. The number of rotatable bonds is 8. The first kappa shape index (κ1) is 1.35. The van der Waals surface area contributed by atoms with E-state index in [1.165, 1.54) is 0 Å². The molecule has 0 aromatic carbocycles. The highest BCUT2D eigenvalue weighted by atomic mass is 16.4. The van der Waals surface area contributed by atoms with Gasteiger partial charge in [-0.3, -0.25) is 4.79 Å². The van der Waals surface area contributed by atoms with Gasteiger partial charge in [0.15, 0.2) is 0 Å². The van der Waals surface area contributed by atoms with E-state index in [2.05, 4.69) is 5.11 Å². The van der Waals surface area contributed by atoms with Crippen LogP contribution in [0, 0.1) is 0 Å². The molecular formula is C10H20O2. The summed E-state index contributed by atoms with van der Waals surface area (Å²) < 4.78 is 150. The number of aliphatic carboxylic acids is 1. The average molecular weight is 192 g/mol. The molecule has 0 aliphatic rings. The first-order chi connectivity index (χ1) is 13.5. The van der Waals surface area contributed by atoms with Crippen LogP contribution in [0.25, 0.3) is 1.43 Å². The third kappa shape index (κ3) is 9.47. The lowest BCUT2D eigenvalue weighted by atomic mass is 10.1. The second-order valence-corrected chi connectivity index (χ2v) is 1.29. The number of carbonyl (C=O) groups is 1. The van der Waals surface area contributed by atoms with Crippen LogP contribution in [0.1, 0.15) is 83.9 Å². The Morgan fingerprint density at radius 1 is 1.33 bits per heavy atom. The highest BCUT2D eigenvalue weighted by Gasteiger charge is 1.95. The second-order valence-electron chi connectivity index (χ2n) is 1.29. The molecule has 0 saturated carbocycles. The molecule has 0 unspecified atom stereocenters. The molecule has 1 N–H and O–H groups in total. The molecule has 2 heteroatoms. The fourth-order valence-corrected chi connectivity index (χ4v) is 0.239. The van der Waals surface area contributed by atoms with Crippen molar-refractivity contribution >= 4 is 5.97 Å². The first-order valence-electron chi connectivity index (χ1n) is 12.6. The highest BCUT2D eigenvalue weighted by Crippen LogP contribution is 2.07. The summed E-state index contributed by atoms with van der Waals surface area (Å²) in [5, 5.41) is 3.27. The Balaban J connectivity index is 6.96. The molecule has 12 heavy (non-hydrogen) atoms. The molecule has 0 aromatic rings. The van der Waals surface area contributed by atoms with Gasteiger partial charge in [-0.25, -0.2) is 0 Å². The van der Waals surface area contributed by atoms with E-state index in [4.69, 9.17) is 27.5 Å². The van der Waals surface area contributed by atoms with Crippen molar-refractivity contribution in [2.45, 2.75) is 57.8 Å². The third-order valence-electron chi connectivity index (χ3n) is 0.540. The Bertz CT molecular complexity index is 716. The molecule has 0 aromatic heterocycles. The van der Waals surface area contributed by atoms with Crippen molar-refractivity contribution in [3.05, 3.63) is 0 Å². The van der Waals surface area contributed by atoms with Crippen LogP contribution in [-0.2, 0) is 4.79 Å². The van der Waals surface area contributed by atoms with Crippen LogP contribution in [0.4, 0.5) is 0 Å².